The number of furan rings is 1. The molecule has 0 saturated carbocycles. The first kappa shape index (κ1) is 21.7. The highest BCUT2D eigenvalue weighted by atomic mass is 16.3. The van der Waals surface area contributed by atoms with Crippen LogP contribution in [0.5, 0.6) is 0 Å². The van der Waals surface area contributed by atoms with Crippen molar-refractivity contribution in [2.45, 2.75) is 58.2 Å². The van der Waals surface area contributed by atoms with E-state index in [-0.39, 0.29) is 17.9 Å². The van der Waals surface area contributed by atoms with Gasteiger partial charge in [0.15, 0.2) is 0 Å². The maximum atomic E-state index is 13.3. The van der Waals surface area contributed by atoms with Gasteiger partial charge in [0, 0.05) is 23.5 Å². The van der Waals surface area contributed by atoms with Crippen molar-refractivity contribution in [1.82, 2.24) is 15.5 Å². The zero-order valence-electron chi connectivity index (χ0n) is 17.7. The first-order chi connectivity index (χ1) is 14.3. The van der Waals surface area contributed by atoms with Gasteiger partial charge in [-0.25, -0.2) is 4.79 Å². The smallest absolute Gasteiger partial charge is 0.312 e. The van der Waals surface area contributed by atoms with Crippen LogP contribution >= 0.6 is 0 Å². The summed E-state index contributed by atoms with van der Waals surface area (Å²) in [6.45, 7) is 5.98. The maximum absolute atomic E-state index is 13.3. The number of nitrogens with two attached hydrogens (primary N) is 1. The number of rotatable bonds is 7. The normalized spacial score (nSPS) is 18.4. The van der Waals surface area contributed by atoms with Gasteiger partial charge in [-0.05, 0) is 38.2 Å². The molecule has 3 rings (SSSR count). The molecule has 162 valence electrons. The van der Waals surface area contributed by atoms with E-state index in [1.165, 1.54) is 6.92 Å². The van der Waals surface area contributed by atoms with Gasteiger partial charge in [-0.2, -0.15) is 0 Å². The van der Waals surface area contributed by atoms with E-state index < -0.39 is 24.0 Å². The van der Waals surface area contributed by atoms with Crippen molar-refractivity contribution in [2.75, 3.05) is 6.54 Å². The Hall–Kier alpha value is -3.03. The Morgan fingerprint density at radius 2 is 1.93 bits per heavy atom. The Kier molecular flexibility index (Phi) is 6.64. The highest BCUT2D eigenvalue weighted by Crippen LogP contribution is 2.28. The highest BCUT2D eigenvalue weighted by molar-refractivity contribution is 5.91. The molecule has 1 aromatic heterocycles. The largest absolute Gasteiger partial charge is 0.464 e. The van der Waals surface area contributed by atoms with Gasteiger partial charge < -0.3 is 25.7 Å². The Morgan fingerprint density at radius 3 is 2.63 bits per heavy atom. The first-order valence-electron chi connectivity index (χ1n) is 10.4. The Labute approximate surface area is 176 Å². The van der Waals surface area contributed by atoms with Crippen LogP contribution in [0.15, 0.2) is 34.9 Å². The highest BCUT2D eigenvalue weighted by Gasteiger charge is 2.36. The Bertz CT molecular complexity index is 923. The second kappa shape index (κ2) is 9.19. The third kappa shape index (κ3) is 4.75. The number of fused-ring (bicyclic) bond motifs is 1. The monoisotopic (exact) mass is 414 g/mol. The number of hydrogen-bond acceptors (Lipinski definition) is 4. The van der Waals surface area contributed by atoms with E-state index in [1.807, 2.05) is 43.0 Å². The van der Waals surface area contributed by atoms with Gasteiger partial charge in [-0.3, -0.25) is 9.59 Å². The number of benzene rings is 1. The van der Waals surface area contributed by atoms with Crippen molar-refractivity contribution in [3.63, 3.8) is 0 Å². The van der Waals surface area contributed by atoms with E-state index in [4.69, 9.17) is 10.2 Å². The average molecular weight is 415 g/mol. The van der Waals surface area contributed by atoms with Gasteiger partial charge in [-0.15, -0.1) is 0 Å². The van der Waals surface area contributed by atoms with Gasteiger partial charge in [-0.1, -0.05) is 32.0 Å². The fourth-order valence-electron chi connectivity index (χ4n) is 4.03. The molecule has 1 saturated heterocycles. The molecule has 1 fully saturated rings. The minimum Gasteiger partial charge on any atom is -0.464 e. The first-order valence-corrected chi connectivity index (χ1v) is 10.4. The molecule has 4 N–H and O–H groups in total. The second-order valence-electron chi connectivity index (χ2n) is 8.25. The van der Waals surface area contributed by atoms with Gasteiger partial charge >= 0.3 is 6.03 Å². The summed E-state index contributed by atoms with van der Waals surface area (Å²) in [5, 5.41) is 6.20. The number of para-hydroxylation sites is 1. The SMILES string of the molecule is CC(C)[C@H](NC(=O)[C@H](C)NC(N)=O)C(=O)N1CCC[C@H]1Cc1coc2ccccc12. The molecule has 1 aliphatic rings. The maximum Gasteiger partial charge on any atom is 0.312 e. The molecule has 0 spiro atoms. The molecule has 30 heavy (non-hydrogen) atoms. The third-order valence-electron chi connectivity index (χ3n) is 5.66. The van der Waals surface area contributed by atoms with Crippen LogP contribution in [0.1, 0.15) is 39.2 Å². The molecular weight excluding hydrogens is 384 g/mol. The number of carbonyl (C=O) groups excluding carboxylic acids is 3. The molecule has 0 radical (unpaired) electrons. The molecule has 8 nitrogen and oxygen atoms in total. The van der Waals surface area contributed by atoms with E-state index in [0.717, 1.165) is 29.4 Å². The molecule has 2 aromatic rings. The Balaban J connectivity index is 1.72. The number of hydrogen-bond donors (Lipinski definition) is 3. The lowest BCUT2D eigenvalue weighted by atomic mass is 9.99. The summed E-state index contributed by atoms with van der Waals surface area (Å²) in [6.07, 6.45) is 4.31. The number of likely N-dealkylation sites (tertiary alicyclic amines) is 1. The molecule has 2 heterocycles. The lowest BCUT2D eigenvalue weighted by Crippen LogP contribution is -2.56. The minimum atomic E-state index is -0.816. The number of carbonyl (C=O) groups is 3. The quantitative estimate of drug-likeness (QED) is 0.643. The van der Waals surface area contributed by atoms with E-state index in [0.29, 0.717) is 13.0 Å². The molecule has 0 bridgehead atoms. The zero-order chi connectivity index (χ0) is 21.8. The summed E-state index contributed by atoms with van der Waals surface area (Å²) in [4.78, 5) is 38.7. The van der Waals surface area contributed by atoms with Gasteiger partial charge in [0.2, 0.25) is 11.8 Å². The van der Waals surface area contributed by atoms with Crippen molar-refractivity contribution in [2.24, 2.45) is 11.7 Å². The minimum absolute atomic E-state index is 0.0535. The fraction of sp³-hybridized carbons (Fsp3) is 0.500. The summed E-state index contributed by atoms with van der Waals surface area (Å²) in [7, 11) is 0. The van der Waals surface area contributed by atoms with Crippen LogP contribution in [0.4, 0.5) is 4.79 Å². The topological polar surface area (TPSA) is 118 Å². The van der Waals surface area contributed by atoms with Crippen molar-refractivity contribution in [3.8, 4) is 0 Å². The van der Waals surface area contributed by atoms with Crippen LogP contribution in [0.2, 0.25) is 0 Å². The molecule has 0 aliphatic carbocycles. The summed E-state index contributed by atoms with van der Waals surface area (Å²) in [6, 6.07) is 5.66. The van der Waals surface area contributed by atoms with Crippen molar-refractivity contribution < 1.29 is 18.8 Å². The molecule has 8 heteroatoms. The predicted octanol–water partition coefficient (Wildman–Crippen LogP) is 2.16. The standard InChI is InChI=1S/C22H30N4O4/c1-13(2)19(25-20(27)14(3)24-22(23)29)21(28)26-10-6-7-16(26)11-15-12-30-18-9-5-4-8-17(15)18/h4-5,8-9,12-14,16,19H,6-7,10-11H2,1-3H3,(H,25,27)(H3,23,24,29)/t14-,16-,19-/m0/s1. The molecular formula is C22H30N4O4. The van der Waals surface area contributed by atoms with Crippen molar-refractivity contribution in [1.29, 1.82) is 0 Å². The van der Waals surface area contributed by atoms with Gasteiger partial charge in [0.25, 0.3) is 0 Å². The van der Waals surface area contributed by atoms with Crippen LogP contribution in [0.3, 0.4) is 0 Å². The number of nitrogens with zero attached hydrogens (tertiary/aromatic N) is 1. The molecule has 4 amide bonds. The summed E-state index contributed by atoms with van der Waals surface area (Å²) < 4.78 is 5.65. The third-order valence-corrected chi connectivity index (χ3v) is 5.66. The predicted molar refractivity (Wildman–Crippen MR) is 114 cm³/mol. The van der Waals surface area contributed by atoms with Crippen LogP contribution < -0.4 is 16.4 Å². The van der Waals surface area contributed by atoms with E-state index >= 15 is 0 Å². The number of amides is 4. The molecule has 0 unspecified atom stereocenters. The summed E-state index contributed by atoms with van der Waals surface area (Å²) in [5.41, 5.74) is 7.01. The van der Waals surface area contributed by atoms with Crippen LogP contribution in [0, 0.1) is 5.92 Å². The average Bonchev–Trinajstić information content (AvgIpc) is 3.32. The number of nitrogens with one attached hydrogen (secondary N) is 2. The van der Waals surface area contributed by atoms with Crippen LogP contribution in [0.25, 0.3) is 11.0 Å². The lowest BCUT2D eigenvalue weighted by molar-refractivity contribution is -0.138. The van der Waals surface area contributed by atoms with E-state index in [9.17, 15) is 14.4 Å². The fourth-order valence-corrected chi connectivity index (χ4v) is 4.03. The summed E-state index contributed by atoms with van der Waals surface area (Å²) in [5.74, 6) is -0.629. The van der Waals surface area contributed by atoms with E-state index in [2.05, 4.69) is 10.6 Å². The second-order valence-corrected chi connectivity index (χ2v) is 8.25. The number of urea groups is 1. The van der Waals surface area contributed by atoms with Crippen molar-refractivity contribution in [3.05, 3.63) is 36.1 Å². The summed E-state index contributed by atoms with van der Waals surface area (Å²) >= 11 is 0. The van der Waals surface area contributed by atoms with E-state index in [1.54, 1.807) is 6.26 Å². The van der Waals surface area contributed by atoms with Crippen LogP contribution in [-0.4, -0.2) is 47.4 Å². The van der Waals surface area contributed by atoms with Crippen molar-refractivity contribution >= 4 is 28.8 Å². The molecule has 1 aromatic carbocycles. The zero-order valence-corrected chi connectivity index (χ0v) is 17.7. The molecule has 1 aliphatic heterocycles. The van der Waals surface area contributed by atoms with Gasteiger partial charge in [0.1, 0.15) is 17.7 Å². The van der Waals surface area contributed by atoms with Crippen LogP contribution in [-0.2, 0) is 16.0 Å². The number of primary amides is 1. The molecule has 3 atom stereocenters. The Morgan fingerprint density at radius 1 is 1.20 bits per heavy atom. The lowest BCUT2D eigenvalue weighted by Gasteiger charge is -2.31. The van der Waals surface area contributed by atoms with Gasteiger partial charge in [0.05, 0.1) is 6.26 Å².